The van der Waals surface area contributed by atoms with Gasteiger partial charge in [-0.15, -0.1) is 12.4 Å². The molecule has 6 heteroatoms. The van der Waals surface area contributed by atoms with Crippen LogP contribution in [0, 0.1) is 5.82 Å². The molecule has 1 aromatic rings. The Balaban J connectivity index is 0.00000256. The summed E-state index contributed by atoms with van der Waals surface area (Å²) in [6, 6.07) is 6.05. The van der Waals surface area contributed by atoms with Crippen LogP contribution in [0.1, 0.15) is 0 Å². The lowest BCUT2D eigenvalue weighted by molar-refractivity contribution is -0.115. The summed E-state index contributed by atoms with van der Waals surface area (Å²) in [5, 5.41) is 5.34. The van der Waals surface area contributed by atoms with Crippen molar-refractivity contribution in [3.63, 3.8) is 0 Å². The van der Waals surface area contributed by atoms with Crippen molar-refractivity contribution in [2.24, 2.45) is 0 Å². The highest BCUT2D eigenvalue weighted by Crippen LogP contribution is 2.11. The topological polar surface area (TPSA) is 50.4 Å². The second-order valence-corrected chi connectivity index (χ2v) is 3.20. The molecule has 0 aliphatic rings. The summed E-state index contributed by atoms with van der Waals surface area (Å²) in [5.41, 5.74) is 0.195. The van der Waals surface area contributed by atoms with E-state index in [0.29, 0.717) is 13.2 Å². The number of nitrogens with one attached hydrogen (secondary N) is 2. The van der Waals surface area contributed by atoms with Crippen molar-refractivity contribution >= 4 is 24.0 Å². The molecular weight excluding hydrogens is 247 g/mol. The number of benzene rings is 1. The predicted octanol–water partition coefficient (Wildman–Crippen LogP) is 1.42. The Bertz CT molecular complexity index is 350. The van der Waals surface area contributed by atoms with Crippen LogP contribution in [0.2, 0.25) is 0 Å². The van der Waals surface area contributed by atoms with Crippen molar-refractivity contribution < 1.29 is 13.9 Å². The molecule has 0 aliphatic heterocycles. The van der Waals surface area contributed by atoms with E-state index < -0.39 is 5.82 Å². The minimum atomic E-state index is -0.437. The maximum absolute atomic E-state index is 13.1. The van der Waals surface area contributed by atoms with E-state index in [9.17, 15) is 9.18 Å². The van der Waals surface area contributed by atoms with Gasteiger partial charge in [-0.3, -0.25) is 4.79 Å². The summed E-state index contributed by atoms with van der Waals surface area (Å²) in [6.45, 7) is 1.26. The second-order valence-electron chi connectivity index (χ2n) is 3.20. The van der Waals surface area contributed by atoms with Crippen molar-refractivity contribution in [2.75, 3.05) is 32.1 Å². The number of methoxy groups -OCH3 is 1. The van der Waals surface area contributed by atoms with E-state index in [-0.39, 0.29) is 30.5 Å². The Morgan fingerprint density at radius 3 is 2.76 bits per heavy atom. The average molecular weight is 263 g/mol. The second kappa shape index (κ2) is 8.92. The van der Waals surface area contributed by atoms with Gasteiger partial charge in [-0.2, -0.15) is 0 Å². The van der Waals surface area contributed by atoms with E-state index in [2.05, 4.69) is 10.6 Å². The molecule has 0 aromatic heterocycles. The Morgan fingerprint density at radius 1 is 1.41 bits per heavy atom. The van der Waals surface area contributed by atoms with Gasteiger partial charge in [0.2, 0.25) is 5.91 Å². The largest absolute Gasteiger partial charge is 0.383 e. The highest BCUT2D eigenvalue weighted by molar-refractivity contribution is 5.92. The molecule has 0 heterocycles. The number of amides is 1. The molecule has 0 fully saturated rings. The standard InChI is InChI=1S/C11H15FN2O2.ClH/c1-16-7-6-13-8-11(15)14-10-5-3-2-4-9(10)12;/h2-5,13H,6-8H2,1H3,(H,14,15);1H. The maximum Gasteiger partial charge on any atom is 0.238 e. The van der Waals surface area contributed by atoms with Gasteiger partial charge in [0.15, 0.2) is 0 Å². The van der Waals surface area contributed by atoms with E-state index in [4.69, 9.17) is 4.74 Å². The maximum atomic E-state index is 13.1. The first-order chi connectivity index (χ1) is 7.74. The molecule has 0 radical (unpaired) electrons. The van der Waals surface area contributed by atoms with Gasteiger partial charge in [-0.05, 0) is 12.1 Å². The highest BCUT2D eigenvalue weighted by Gasteiger charge is 2.04. The first kappa shape index (κ1) is 15.8. The molecule has 0 aliphatic carbocycles. The molecule has 0 saturated carbocycles. The molecule has 0 bridgehead atoms. The molecule has 0 saturated heterocycles. The average Bonchev–Trinajstić information content (AvgIpc) is 2.28. The van der Waals surface area contributed by atoms with E-state index in [1.807, 2.05) is 0 Å². The Hall–Kier alpha value is -1.17. The molecule has 1 amide bonds. The number of hydrogen-bond acceptors (Lipinski definition) is 3. The summed E-state index contributed by atoms with van der Waals surface area (Å²) in [7, 11) is 1.58. The lowest BCUT2D eigenvalue weighted by Gasteiger charge is -2.06. The van der Waals surface area contributed by atoms with Gasteiger partial charge in [-0.1, -0.05) is 12.1 Å². The molecule has 1 rings (SSSR count). The van der Waals surface area contributed by atoms with Crippen molar-refractivity contribution in [3.8, 4) is 0 Å². The predicted molar refractivity (Wildman–Crippen MR) is 67.0 cm³/mol. The third-order valence-corrected chi connectivity index (χ3v) is 1.92. The molecule has 0 unspecified atom stereocenters. The molecular formula is C11H16ClFN2O2. The van der Waals surface area contributed by atoms with E-state index >= 15 is 0 Å². The SMILES string of the molecule is COCCNCC(=O)Nc1ccccc1F.Cl. The van der Waals surface area contributed by atoms with Crippen LogP contribution in [-0.4, -0.2) is 32.7 Å². The van der Waals surface area contributed by atoms with E-state index in [1.54, 1.807) is 19.2 Å². The summed E-state index contributed by atoms with van der Waals surface area (Å²) in [5.74, 6) is -0.714. The van der Waals surface area contributed by atoms with Crippen LogP contribution in [-0.2, 0) is 9.53 Å². The van der Waals surface area contributed by atoms with Crippen molar-refractivity contribution in [1.82, 2.24) is 5.32 Å². The fourth-order valence-electron chi connectivity index (χ4n) is 1.13. The first-order valence-electron chi connectivity index (χ1n) is 4.98. The highest BCUT2D eigenvalue weighted by atomic mass is 35.5. The van der Waals surface area contributed by atoms with E-state index in [0.717, 1.165) is 0 Å². The molecule has 0 spiro atoms. The quantitative estimate of drug-likeness (QED) is 0.763. The Kier molecular flexibility index (Phi) is 8.31. The van der Waals surface area contributed by atoms with Crippen LogP contribution in [0.25, 0.3) is 0 Å². The fraction of sp³-hybridized carbons (Fsp3) is 0.364. The third-order valence-electron chi connectivity index (χ3n) is 1.92. The smallest absolute Gasteiger partial charge is 0.238 e. The van der Waals surface area contributed by atoms with Gasteiger partial charge in [0.25, 0.3) is 0 Å². The van der Waals surface area contributed by atoms with Crippen LogP contribution < -0.4 is 10.6 Å². The number of rotatable bonds is 6. The Morgan fingerprint density at radius 2 is 2.12 bits per heavy atom. The van der Waals surface area contributed by atoms with Crippen LogP contribution >= 0.6 is 12.4 Å². The van der Waals surface area contributed by atoms with Gasteiger partial charge in [0.1, 0.15) is 5.82 Å². The number of carbonyl (C=O) groups excluding carboxylic acids is 1. The van der Waals surface area contributed by atoms with Gasteiger partial charge >= 0.3 is 0 Å². The molecule has 1 aromatic carbocycles. The minimum absolute atomic E-state index is 0. The number of ether oxygens (including phenoxy) is 1. The van der Waals surface area contributed by atoms with Crippen LogP contribution in [0.5, 0.6) is 0 Å². The molecule has 2 N–H and O–H groups in total. The number of anilines is 1. The van der Waals surface area contributed by atoms with Gasteiger partial charge in [0.05, 0.1) is 18.8 Å². The van der Waals surface area contributed by atoms with E-state index in [1.165, 1.54) is 12.1 Å². The summed E-state index contributed by atoms with van der Waals surface area (Å²) in [6.07, 6.45) is 0. The Labute approximate surface area is 106 Å². The molecule has 96 valence electrons. The van der Waals surface area contributed by atoms with Crippen LogP contribution in [0.15, 0.2) is 24.3 Å². The van der Waals surface area contributed by atoms with Gasteiger partial charge in [-0.25, -0.2) is 4.39 Å². The van der Waals surface area contributed by atoms with Crippen molar-refractivity contribution in [1.29, 1.82) is 0 Å². The number of hydrogen-bond donors (Lipinski definition) is 2. The summed E-state index contributed by atoms with van der Waals surface area (Å²) < 4.78 is 17.9. The fourth-order valence-corrected chi connectivity index (χ4v) is 1.13. The minimum Gasteiger partial charge on any atom is -0.383 e. The van der Waals surface area contributed by atoms with Crippen LogP contribution in [0.4, 0.5) is 10.1 Å². The lowest BCUT2D eigenvalue weighted by Crippen LogP contribution is -2.30. The zero-order valence-electron chi connectivity index (χ0n) is 9.53. The number of carbonyl (C=O) groups is 1. The van der Waals surface area contributed by atoms with Gasteiger partial charge < -0.3 is 15.4 Å². The molecule has 4 nitrogen and oxygen atoms in total. The summed E-state index contributed by atoms with van der Waals surface area (Å²) in [4.78, 5) is 11.3. The third kappa shape index (κ3) is 6.21. The van der Waals surface area contributed by atoms with Crippen molar-refractivity contribution in [2.45, 2.75) is 0 Å². The van der Waals surface area contributed by atoms with Crippen molar-refractivity contribution in [3.05, 3.63) is 30.1 Å². The lowest BCUT2D eigenvalue weighted by atomic mass is 10.3. The molecule has 0 atom stereocenters. The normalized spacial score (nSPS) is 9.53. The van der Waals surface area contributed by atoms with Crippen LogP contribution in [0.3, 0.4) is 0 Å². The monoisotopic (exact) mass is 262 g/mol. The zero-order chi connectivity index (χ0) is 11.8. The number of halogens is 2. The zero-order valence-corrected chi connectivity index (χ0v) is 10.3. The first-order valence-corrected chi connectivity index (χ1v) is 4.98. The summed E-state index contributed by atoms with van der Waals surface area (Å²) >= 11 is 0. The molecule has 17 heavy (non-hydrogen) atoms. The number of para-hydroxylation sites is 1. The van der Waals surface area contributed by atoms with Gasteiger partial charge in [0, 0.05) is 13.7 Å².